The van der Waals surface area contributed by atoms with Gasteiger partial charge in [0.1, 0.15) is 5.82 Å². The summed E-state index contributed by atoms with van der Waals surface area (Å²) in [6, 6.07) is 6.28. The lowest BCUT2D eigenvalue weighted by Crippen LogP contribution is -2.34. The van der Waals surface area contributed by atoms with Crippen LogP contribution >= 0.6 is 11.3 Å². The normalized spacial score (nSPS) is 15.2. The first-order chi connectivity index (χ1) is 10.4. The number of thiophene rings is 1. The molecule has 0 N–H and O–H groups in total. The fraction of sp³-hybridized carbons (Fsp3) is 0.333. The van der Waals surface area contributed by atoms with Gasteiger partial charge in [-0.25, -0.2) is 4.98 Å². The van der Waals surface area contributed by atoms with Crippen LogP contribution in [0.2, 0.25) is 0 Å². The molecule has 5 nitrogen and oxygen atoms in total. The summed E-state index contributed by atoms with van der Waals surface area (Å²) in [5.74, 6) is 1.17. The molecule has 0 spiro atoms. The number of aromatic nitrogens is 4. The van der Waals surface area contributed by atoms with Crippen molar-refractivity contribution in [2.45, 2.75) is 26.2 Å². The molecule has 0 saturated heterocycles. The summed E-state index contributed by atoms with van der Waals surface area (Å²) >= 11 is 1.83. The van der Waals surface area contributed by atoms with Crippen LogP contribution in [0.15, 0.2) is 42.2 Å². The molecule has 0 saturated carbocycles. The lowest BCUT2D eigenvalue weighted by atomic mass is 10.3. The maximum atomic E-state index is 4.60. The molecule has 1 aliphatic heterocycles. The molecule has 0 amide bonds. The number of imidazole rings is 1. The minimum Gasteiger partial charge on any atom is -0.328 e. The fourth-order valence-corrected chi connectivity index (χ4v) is 3.56. The van der Waals surface area contributed by atoms with Gasteiger partial charge < -0.3 is 4.57 Å². The van der Waals surface area contributed by atoms with Gasteiger partial charge in [-0.1, -0.05) is 6.07 Å². The Morgan fingerprint density at radius 3 is 3.00 bits per heavy atom. The summed E-state index contributed by atoms with van der Waals surface area (Å²) in [5.41, 5.74) is 1.24. The van der Waals surface area contributed by atoms with Gasteiger partial charge in [-0.15, -0.1) is 11.3 Å². The third-order valence-electron chi connectivity index (χ3n) is 3.87. The van der Waals surface area contributed by atoms with Gasteiger partial charge in [0.15, 0.2) is 0 Å². The van der Waals surface area contributed by atoms with Crippen molar-refractivity contribution in [1.82, 2.24) is 24.2 Å². The first kappa shape index (κ1) is 12.8. The van der Waals surface area contributed by atoms with Crippen molar-refractivity contribution in [1.29, 1.82) is 0 Å². The van der Waals surface area contributed by atoms with Crippen LogP contribution in [-0.2, 0) is 26.2 Å². The van der Waals surface area contributed by atoms with Crippen molar-refractivity contribution < 1.29 is 0 Å². The van der Waals surface area contributed by atoms with E-state index in [0.29, 0.717) is 0 Å². The van der Waals surface area contributed by atoms with Crippen molar-refractivity contribution in [3.05, 3.63) is 58.6 Å². The highest BCUT2D eigenvalue weighted by Crippen LogP contribution is 2.19. The van der Waals surface area contributed by atoms with Crippen LogP contribution in [0.4, 0.5) is 0 Å². The maximum absolute atomic E-state index is 4.60. The van der Waals surface area contributed by atoms with Gasteiger partial charge >= 0.3 is 0 Å². The number of fused-ring (bicyclic) bond motifs is 1. The minimum atomic E-state index is 0.797. The third-order valence-corrected chi connectivity index (χ3v) is 4.73. The Morgan fingerprint density at radius 1 is 1.19 bits per heavy atom. The van der Waals surface area contributed by atoms with E-state index in [1.165, 1.54) is 16.4 Å². The topological polar surface area (TPSA) is 38.9 Å². The molecule has 0 bridgehead atoms. The predicted molar refractivity (Wildman–Crippen MR) is 82.0 cm³/mol. The summed E-state index contributed by atoms with van der Waals surface area (Å²) in [7, 11) is 0. The summed E-state index contributed by atoms with van der Waals surface area (Å²) < 4.78 is 4.29. The van der Waals surface area contributed by atoms with Gasteiger partial charge in [-0.2, -0.15) is 5.10 Å². The van der Waals surface area contributed by atoms with Gasteiger partial charge in [0.05, 0.1) is 25.0 Å². The van der Waals surface area contributed by atoms with Crippen molar-refractivity contribution in [3.8, 4) is 0 Å². The molecular formula is C15H17N5S. The van der Waals surface area contributed by atoms with E-state index in [-0.39, 0.29) is 0 Å². The van der Waals surface area contributed by atoms with Gasteiger partial charge in [0.25, 0.3) is 0 Å². The van der Waals surface area contributed by atoms with E-state index in [1.54, 1.807) is 0 Å². The number of nitrogens with zero attached hydrogens (tertiary/aromatic N) is 5. The zero-order chi connectivity index (χ0) is 14.1. The number of hydrogen-bond acceptors (Lipinski definition) is 4. The first-order valence-electron chi connectivity index (χ1n) is 7.14. The Kier molecular flexibility index (Phi) is 3.33. The lowest BCUT2D eigenvalue weighted by molar-refractivity contribution is 0.208. The SMILES string of the molecule is c1csc(CN2CCn3c(Cn4cccn4)cnc3C2)c1. The lowest BCUT2D eigenvalue weighted by Gasteiger charge is -2.28. The van der Waals surface area contributed by atoms with Crippen LogP contribution in [-0.4, -0.2) is 30.8 Å². The molecule has 0 aromatic carbocycles. The zero-order valence-electron chi connectivity index (χ0n) is 11.7. The molecule has 21 heavy (non-hydrogen) atoms. The maximum Gasteiger partial charge on any atom is 0.123 e. The molecule has 4 heterocycles. The average Bonchev–Trinajstić information content (AvgIpc) is 3.22. The Labute approximate surface area is 127 Å². The highest BCUT2D eigenvalue weighted by molar-refractivity contribution is 7.09. The second-order valence-electron chi connectivity index (χ2n) is 5.31. The molecule has 0 atom stereocenters. The first-order valence-corrected chi connectivity index (χ1v) is 8.02. The Morgan fingerprint density at radius 2 is 2.19 bits per heavy atom. The average molecular weight is 299 g/mol. The molecule has 1 aliphatic rings. The molecule has 0 fully saturated rings. The van der Waals surface area contributed by atoms with E-state index in [1.807, 2.05) is 40.7 Å². The van der Waals surface area contributed by atoms with Crippen LogP contribution < -0.4 is 0 Å². The minimum absolute atomic E-state index is 0.797. The van der Waals surface area contributed by atoms with Crippen molar-refractivity contribution in [2.75, 3.05) is 6.54 Å². The van der Waals surface area contributed by atoms with E-state index < -0.39 is 0 Å². The van der Waals surface area contributed by atoms with Gasteiger partial charge in [-0.3, -0.25) is 9.58 Å². The second kappa shape index (κ2) is 5.46. The summed E-state index contributed by atoms with van der Waals surface area (Å²) in [5, 5.41) is 6.41. The van der Waals surface area contributed by atoms with Crippen LogP contribution in [0.3, 0.4) is 0 Å². The molecule has 108 valence electrons. The molecular weight excluding hydrogens is 282 g/mol. The summed E-state index contributed by atoms with van der Waals surface area (Å²) in [4.78, 5) is 8.49. The van der Waals surface area contributed by atoms with E-state index in [9.17, 15) is 0 Å². The molecule has 6 heteroatoms. The van der Waals surface area contributed by atoms with Gasteiger partial charge in [0.2, 0.25) is 0 Å². The molecule has 3 aromatic heterocycles. The second-order valence-corrected chi connectivity index (χ2v) is 6.34. The summed E-state index contributed by atoms with van der Waals surface area (Å²) in [6.45, 7) is 4.84. The highest BCUT2D eigenvalue weighted by Gasteiger charge is 2.20. The quantitative estimate of drug-likeness (QED) is 0.741. The van der Waals surface area contributed by atoms with Crippen LogP contribution in [0.1, 0.15) is 16.4 Å². The molecule has 0 radical (unpaired) electrons. The van der Waals surface area contributed by atoms with E-state index in [0.717, 1.165) is 32.7 Å². The Balaban J connectivity index is 1.48. The number of hydrogen-bond donors (Lipinski definition) is 0. The monoisotopic (exact) mass is 299 g/mol. The predicted octanol–water partition coefficient (Wildman–Crippen LogP) is 2.21. The fourth-order valence-electron chi connectivity index (χ4n) is 2.82. The molecule has 0 aliphatic carbocycles. The van der Waals surface area contributed by atoms with Gasteiger partial charge in [0, 0.05) is 36.9 Å². The van der Waals surface area contributed by atoms with Crippen molar-refractivity contribution in [3.63, 3.8) is 0 Å². The Bertz CT molecular complexity index is 699. The zero-order valence-corrected chi connectivity index (χ0v) is 12.5. The Hall–Kier alpha value is -1.92. The van der Waals surface area contributed by atoms with E-state index >= 15 is 0 Å². The van der Waals surface area contributed by atoms with E-state index in [2.05, 4.69) is 37.1 Å². The van der Waals surface area contributed by atoms with Crippen molar-refractivity contribution in [2.24, 2.45) is 0 Å². The third kappa shape index (κ3) is 2.64. The smallest absolute Gasteiger partial charge is 0.123 e. The van der Waals surface area contributed by atoms with Crippen LogP contribution in [0.25, 0.3) is 0 Å². The van der Waals surface area contributed by atoms with Crippen molar-refractivity contribution >= 4 is 11.3 Å². The number of rotatable bonds is 4. The highest BCUT2D eigenvalue weighted by atomic mass is 32.1. The summed E-state index contributed by atoms with van der Waals surface area (Å²) in [6.07, 6.45) is 5.80. The molecule has 4 rings (SSSR count). The largest absolute Gasteiger partial charge is 0.328 e. The van der Waals surface area contributed by atoms with E-state index in [4.69, 9.17) is 0 Å². The van der Waals surface area contributed by atoms with Crippen LogP contribution in [0, 0.1) is 0 Å². The molecule has 0 unspecified atom stereocenters. The standard InChI is InChI=1S/C15H17N5S/c1-3-14(21-8-1)11-18-6-7-20-13(9-16-15(20)12-18)10-19-5-2-4-17-19/h1-5,8-9H,6-7,10-12H2. The van der Waals surface area contributed by atoms with Crippen LogP contribution in [0.5, 0.6) is 0 Å². The molecule has 3 aromatic rings. The van der Waals surface area contributed by atoms with Gasteiger partial charge in [-0.05, 0) is 17.5 Å².